The molecule has 280 valence electrons. The van der Waals surface area contributed by atoms with E-state index in [-0.39, 0.29) is 54.5 Å². The fourth-order valence-electron chi connectivity index (χ4n) is 9.92. The van der Waals surface area contributed by atoms with Gasteiger partial charge in [-0.1, -0.05) is 6.07 Å². The first-order chi connectivity index (χ1) is 25.5. The van der Waals surface area contributed by atoms with E-state index in [4.69, 9.17) is 28.4 Å². The normalized spacial score (nSPS) is 28.3. The van der Waals surface area contributed by atoms with Gasteiger partial charge < -0.3 is 38.6 Å². The highest BCUT2D eigenvalue weighted by Crippen LogP contribution is 2.63. The predicted molar refractivity (Wildman–Crippen MR) is 193 cm³/mol. The number of aryl methyl sites for hydroxylation is 1. The Morgan fingerprint density at radius 1 is 1.02 bits per heavy atom. The fourth-order valence-corrected chi connectivity index (χ4v) is 11.6. The minimum atomic E-state index is -1.29. The number of piperazine rings is 1. The second-order valence-electron chi connectivity index (χ2n) is 14.9. The molecule has 7 heterocycles. The Morgan fingerprint density at radius 2 is 1.81 bits per heavy atom. The number of likely N-dealkylation sites (N-methyl/N-ethyl adjacent to an activating group) is 1. The molecule has 14 heteroatoms. The summed E-state index contributed by atoms with van der Waals surface area (Å²) in [7, 11) is 5.17. The second-order valence-corrected chi connectivity index (χ2v) is 16.0. The van der Waals surface area contributed by atoms with Gasteiger partial charge in [-0.2, -0.15) is 0 Å². The lowest BCUT2D eigenvalue weighted by molar-refractivity contribution is -0.156. The van der Waals surface area contributed by atoms with Gasteiger partial charge in [0, 0.05) is 60.1 Å². The number of benzene rings is 3. The number of ether oxygens (including phenoxy) is 6. The molecule has 0 radical (unpaired) electrons. The highest BCUT2D eigenvalue weighted by atomic mass is 32.2. The zero-order chi connectivity index (χ0) is 37.1. The molecule has 7 aliphatic rings. The number of phenolic OH excluding ortho intramolecular Hbond substituents is 2. The Labute approximate surface area is 311 Å². The van der Waals surface area contributed by atoms with Gasteiger partial charge in [-0.3, -0.25) is 19.9 Å². The van der Waals surface area contributed by atoms with Crippen LogP contribution in [-0.4, -0.2) is 97.5 Å². The molecular weight excluding hydrogens is 703 g/mol. The molecule has 0 amide bonds. The Bertz CT molecular complexity index is 2090. The van der Waals surface area contributed by atoms with Gasteiger partial charge in [0.15, 0.2) is 40.0 Å². The third kappa shape index (κ3) is 4.81. The number of nitrogens with zero attached hydrogens (tertiary/aromatic N) is 2. The summed E-state index contributed by atoms with van der Waals surface area (Å²) < 4.78 is 36.2. The van der Waals surface area contributed by atoms with Crippen LogP contribution in [0.2, 0.25) is 0 Å². The van der Waals surface area contributed by atoms with Crippen LogP contribution in [0.5, 0.6) is 40.2 Å². The Balaban J connectivity index is 1.30. The molecule has 4 bridgehead atoms. The average Bonchev–Trinajstić information content (AvgIpc) is 3.61. The number of fused-ring (bicyclic) bond motifs is 9. The Kier molecular flexibility index (Phi) is 8.01. The highest BCUT2D eigenvalue weighted by Gasteiger charge is 2.59. The lowest BCUT2D eigenvalue weighted by Gasteiger charge is -2.60. The van der Waals surface area contributed by atoms with E-state index in [1.807, 2.05) is 13.8 Å². The molecule has 3 aromatic carbocycles. The van der Waals surface area contributed by atoms with E-state index in [9.17, 15) is 19.8 Å². The third-order valence-electron chi connectivity index (χ3n) is 12.2. The zero-order valence-electron chi connectivity index (χ0n) is 30.5. The van der Waals surface area contributed by atoms with Crippen LogP contribution in [-0.2, 0) is 32.7 Å². The SMILES string of the molecule is COc1cc2c(cc1O)CCN[C@]21CS[C@@H]2c3c(OC(C)=O)c(C)c4c(c3[C@@H](COC1=O)N1C[C@@H]3Cc5cc(C)c(OC)c(O)c5[C@H]([C@H]21)N3C)OCO4. The van der Waals surface area contributed by atoms with Crippen LogP contribution in [0.25, 0.3) is 0 Å². The van der Waals surface area contributed by atoms with Crippen molar-refractivity contribution in [2.24, 2.45) is 0 Å². The number of aromatic hydroxyl groups is 2. The van der Waals surface area contributed by atoms with Crippen LogP contribution in [0, 0.1) is 13.8 Å². The summed E-state index contributed by atoms with van der Waals surface area (Å²) in [5, 5.41) is 25.8. The van der Waals surface area contributed by atoms with E-state index < -0.39 is 28.8 Å². The number of methoxy groups -OCH3 is 2. The number of esters is 2. The van der Waals surface area contributed by atoms with Crippen molar-refractivity contribution in [2.45, 2.75) is 68.6 Å². The first kappa shape index (κ1) is 34.4. The standard InChI is InChI=1S/C39H43N3O10S/c1-17-9-21-10-22-13-42-24-14-49-38(46)39(23-12-26(47-5)25(44)11-20(23)7-8-40-39)15-53-37(31(42)30(41(22)4)27(21)32(45)33(17)48-6)29-28(24)36-35(50-16-51-36)18(2)34(29)52-19(3)43/h9,11-12,22,24,30-31,37,40,44-45H,7-8,10,13-16H2,1-6H3/t22-,24+,30+,31+,37+,39+/m0/s1. The lowest BCUT2D eigenvalue weighted by atomic mass is 9.73. The second kappa shape index (κ2) is 12.3. The summed E-state index contributed by atoms with van der Waals surface area (Å²) in [6, 6.07) is 4.51. The van der Waals surface area contributed by atoms with Crippen LogP contribution in [0.3, 0.4) is 0 Å². The first-order valence-electron chi connectivity index (χ1n) is 17.9. The molecule has 0 saturated carbocycles. The van der Waals surface area contributed by atoms with E-state index in [0.29, 0.717) is 60.1 Å². The van der Waals surface area contributed by atoms with Gasteiger partial charge in [-0.15, -0.1) is 11.8 Å². The maximum atomic E-state index is 14.7. The number of hydrogen-bond acceptors (Lipinski definition) is 14. The van der Waals surface area contributed by atoms with Gasteiger partial charge in [-0.05, 0) is 68.1 Å². The summed E-state index contributed by atoms with van der Waals surface area (Å²) in [5.41, 5.74) is 5.22. The summed E-state index contributed by atoms with van der Waals surface area (Å²) in [6.07, 6.45) is 1.31. The number of thioether (sulfide) groups is 1. The number of phenols is 2. The topological polar surface area (TPSA) is 148 Å². The molecule has 0 aliphatic carbocycles. The molecule has 53 heavy (non-hydrogen) atoms. The van der Waals surface area contributed by atoms with Gasteiger partial charge in [0.25, 0.3) is 0 Å². The number of carbonyl (C=O) groups is 2. The van der Waals surface area contributed by atoms with Crippen LogP contribution >= 0.6 is 11.8 Å². The molecule has 2 fully saturated rings. The summed E-state index contributed by atoms with van der Waals surface area (Å²) in [6.45, 7) is 6.33. The van der Waals surface area contributed by atoms with Crippen molar-refractivity contribution >= 4 is 23.7 Å². The monoisotopic (exact) mass is 745 g/mol. The largest absolute Gasteiger partial charge is 0.504 e. The highest BCUT2D eigenvalue weighted by molar-refractivity contribution is 7.99. The molecule has 13 nitrogen and oxygen atoms in total. The van der Waals surface area contributed by atoms with Gasteiger partial charge in [0.2, 0.25) is 6.79 Å². The summed E-state index contributed by atoms with van der Waals surface area (Å²) in [5.74, 6) is 1.66. The van der Waals surface area contributed by atoms with E-state index in [1.165, 1.54) is 14.0 Å². The summed E-state index contributed by atoms with van der Waals surface area (Å²) >= 11 is 1.58. The molecule has 0 unspecified atom stereocenters. The van der Waals surface area contributed by atoms with E-state index in [0.717, 1.165) is 33.4 Å². The van der Waals surface area contributed by atoms with Crippen molar-refractivity contribution in [1.82, 2.24) is 15.1 Å². The molecule has 0 aromatic heterocycles. The Morgan fingerprint density at radius 3 is 2.57 bits per heavy atom. The van der Waals surface area contributed by atoms with Gasteiger partial charge in [0.05, 0.1) is 31.6 Å². The van der Waals surface area contributed by atoms with Gasteiger partial charge in [0.1, 0.15) is 12.4 Å². The van der Waals surface area contributed by atoms with Crippen molar-refractivity contribution in [2.75, 3.05) is 53.5 Å². The van der Waals surface area contributed by atoms with Gasteiger partial charge >= 0.3 is 11.9 Å². The average molecular weight is 746 g/mol. The first-order valence-corrected chi connectivity index (χ1v) is 19.0. The Hall–Kier alpha value is -4.37. The molecule has 6 atom stereocenters. The van der Waals surface area contributed by atoms with Crippen LogP contribution in [0.15, 0.2) is 18.2 Å². The van der Waals surface area contributed by atoms with Crippen molar-refractivity contribution in [3.05, 3.63) is 62.7 Å². The fraction of sp³-hybridized carbons (Fsp3) is 0.487. The van der Waals surface area contributed by atoms with Crippen molar-refractivity contribution in [1.29, 1.82) is 0 Å². The van der Waals surface area contributed by atoms with Crippen LogP contribution in [0.1, 0.15) is 68.8 Å². The molecule has 3 aromatic rings. The molecule has 2 saturated heterocycles. The maximum Gasteiger partial charge on any atom is 0.331 e. The van der Waals surface area contributed by atoms with Crippen LogP contribution in [0.4, 0.5) is 0 Å². The van der Waals surface area contributed by atoms with E-state index in [2.05, 4.69) is 28.2 Å². The predicted octanol–water partition coefficient (Wildman–Crippen LogP) is 4.09. The smallest absolute Gasteiger partial charge is 0.331 e. The van der Waals surface area contributed by atoms with Crippen molar-refractivity contribution in [3.8, 4) is 40.2 Å². The molecule has 1 spiro atoms. The van der Waals surface area contributed by atoms with E-state index in [1.54, 1.807) is 31.0 Å². The minimum Gasteiger partial charge on any atom is -0.504 e. The minimum absolute atomic E-state index is 0.00613. The molecule has 7 aliphatic heterocycles. The number of nitrogens with one attached hydrogen (secondary N) is 1. The van der Waals surface area contributed by atoms with E-state index >= 15 is 0 Å². The van der Waals surface area contributed by atoms with Crippen molar-refractivity contribution < 1.29 is 48.2 Å². The summed E-state index contributed by atoms with van der Waals surface area (Å²) in [4.78, 5) is 32.3. The zero-order valence-corrected chi connectivity index (χ0v) is 31.3. The number of carbonyl (C=O) groups excluding carboxylic acids is 2. The van der Waals surface area contributed by atoms with Crippen LogP contribution < -0.4 is 29.0 Å². The number of hydrogen-bond donors (Lipinski definition) is 3. The van der Waals surface area contributed by atoms with Gasteiger partial charge in [-0.25, -0.2) is 4.79 Å². The maximum absolute atomic E-state index is 14.7. The molecular formula is C39H43N3O10S. The third-order valence-corrected chi connectivity index (χ3v) is 13.7. The lowest BCUT2D eigenvalue weighted by Crippen LogP contribution is -2.65. The molecule has 10 rings (SSSR count). The molecule has 3 N–H and O–H groups in total. The number of rotatable bonds is 3. The quantitative estimate of drug-likeness (QED) is 0.261. The van der Waals surface area contributed by atoms with Crippen molar-refractivity contribution in [3.63, 3.8) is 0 Å².